The predicted molar refractivity (Wildman–Crippen MR) is 112 cm³/mol. The van der Waals surface area contributed by atoms with Crippen molar-refractivity contribution < 1.29 is 19.4 Å². The van der Waals surface area contributed by atoms with Gasteiger partial charge in [-0.25, -0.2) is 9.59 Å². The summed E-state index contributed by atoms with van der Waals surface area (Å²) in [6.07, 6.45) is -0.739. The van der Waals surface area contributed by atoms with Crippen LogP contribution in [0.1, 0.15) is 42.7 Å². The van der Waals surface area contributed by atoms with Crippen LogP contribution in [0.5, 0.6) is 0 Å². The lowest BCUT2D eigenvalue weighted by Gasteiger charge is -2.27. The van der Waals surface area contributed by atoms with E-state index in [0.717, 1.165) is 11.1 Å². The molecule has 0 spiro atoms. The molecule has 1 amide bonds. The molecular formula is C22H27NO4S. The van der Waals surface area contributed by atoms with Gasteiger partial charge in [0.05, 0.1) is 5.25 Å². The largest absolute Gasteiger partial charge is 0.480 e. The van der Waals surface area contributed by atoms with Crippen molar-refractivity contribution in [2.24, 2.45) is 0 Å². The third kappa shape index (κ3) is 6.93. The van der Waals surface area contributed by atoms with Crippen molar-refractivity contribution in [1.82, 2.24) is 5.32 Å². The summed E-state index contributed by atoms with van der Waals surface area (Å²) in [7, 11) is 0. The van der Waals surface area contributed by atoms with Crippen molar-refractivity contribution in [2.45, 2.75) is 50.3 Å². The summed E-state index contributed by atoms with van der Waals surface area (Å²) in [6, 6.07) is 16.3. The Morgan fingerprint density at radius 2 is 1.68 bits per heavy atom. The molecule has 0 bridgehead atoms. The van der Waals surface area contributed by atoms with Gasteiger partial charge in [-0.1, -0.05) is 60.2 Å². The maximum atomic E-state index is 12.2. The number of nitrogens with one attached hydrogen (secondary N) is 1. The number of rotatable bonds is 7. The van der Waals surface area contributed by atoms with Gasteiger partial charge in [-0.3, -0.25) is 0 Å². The standard InChI is InChI=1S/C22H27NO4S/c1-15-10-12-16(13-11-15)14-28-19(17-8-6-5-7-9-17)18(20(24)25)23-21(26)27-22(2,3)4/h5-13,18-19H,14H2,1-4H3,(H,23,26)(H,24,25)/t18-,19+/m0/s1. The molecule has 0 aliphatic carbocycles. The van der Waals surface area contributed by atoms with E-state index >= 15 is 0 Å². The van der Waals surface area contributed by atoms with Gasteiger partial charge < -0.3 is 15.2 Å². The number of amides is 1. The fraction of sp³-hybridized carbons (Fsp3) is 0.364. The lowest BCUT2D eigenvalue weighted by atomic mass is 10.1. The summed E-state index contributed by atoms with van der Waals surface area (Å²) in [6.45, 7) is 7.24. The molecule has 0 radical (unpaired) electrons. The third-order valence-electron chi connectivity index (χ3n) is 3.92. The van der Waals surface area contributed by atoms with Crippen molar-refractivity contribution in [3.05, 3.63) is 71.3 Å². The highest BCUT2D eigenvalue weighted by Crippen LogP contribution is 2.35. The van der Waals surface area contributed by atoms with Crippen LogP contribution in [0.15, 0.2) is 54.6 Å². The van der Waals surface area contributed by atoms with E-state index in [0.29, 0.717) is 5.75 Å². The van der Waals surface area contributed by atoms with Gasteiger partial charge in [0, 0.05) is 5.75 Å². The van der Waals surface area contributed by atoms with Gasteiger partial charge in [0.1, 0.15) is 11.6 Å². The van der Waals surface area contributed by atoms with E-state index in [1.165, 1.54) is 17.3 Å². The number of hydrogen-bond donors (Lipinski definition) is 2. The molecule has 0 saturated carbocycles. The van der Waals surface area contributed by atoms with Crippen LogP contribution in [0.2, 0.25) is 0 Å². The summed E-state index contributed by atoms with van der Waals surface area (Å²) in [4.78, 5) is 24.2. The molecule has 150 valence electrons. The molecule has 28 heavy (non-hydrogen) atoms. The SMILES string of the molecule is Cc1ccc(CS[C@H](c2ccccc2)[C@H](NC(=O)OC(C)(C)C)C(=O)O)cc1. The van der Waals surface area contributed by atoms with Crippen molar-refractivity contribution in [3.63, 3.8) is 0 Å². The topological polar surface area (TPSA) is 75.6 Å². The number of ether oxygens (including phenoxy) is 1. The Bertz CT molecular complexity index is 784. The van der Waals surface area contributed by atoms with E-state index in [9.17, 15) is 14.7 Å². The lowest BCUT2D eigenvalue weighted by molar-refractivity contribution is -0.139. The Labute approximate surface area is 170 Å². The smallest absolute Gasteiger partial charge is 0.408 e. The molecule has 6 heteroatoms. The zero-order valence-corrected chi connectivity index (χ0v) is 17.5. The maximum Gasteiger partial charge on any atom is 0.408 e. The second kappa shape index (κ2) is 9.64. The summed E-state index contributed by atoms with van der Waals surface area (Å²) in [5.41, 5.74) is 2.40. The van der Waals surface area contributed by atoms with Gasteiger partial charge >= 0.3 is 12.1 Å². The summed E-state index contributed by atoms with van der Waals surface area (Å²) >= 11 is 1.48. The average molecular weight is 402 g/mol. The van der Waals surface area contributed by atoms with Crippen LogP contribution >= 0.6 is 11.8 Å². The molecule has 0 aliphatic rings. The predicted octanol–water partition coefficient (Wildman–Crippen LogP) is 4.95. The second-order valence-corrected chi connectivity index (χ2v) is 8.72. The van der Waals surface area contributed by atoms with Crippen molar-refractivity contribution in [3.8, 4) is 0 Å². The Morgan fingerprint density at radius 3 is 2.21 bits per heavy atom. The minimum Gasteiger partial charge on any atom is -0.480 e. The van der Waals surface area contributed by atoms with Crippen LogP contribution in [0.3, 0.4) is 0 Å². The van der Waals surface area contributed by atoms with Gasteiger partial charge in [0.2, 0.25) is 0 Å². The molecular weight excluding hydrogens is 374 g/mol. The number of carbonyl (C=O) groups is 2. The fourth-order valence-corrected chi connectivity index (χ4v) is 3.89. The Hall–Kier alpha value is -2.47. The molecule has 0 fully saturated rings. The van der Waals surface area contributed by atoms with Crippen LogP contribution in [-0.2, 0) is 15.3 Å². The quantitative estimate of drug-likeness (QED) is 0.687. The van der Waals surface area contributed by atoms with Crippen molar-refractivity contribution in [2.75, 3.05) is 0 Å². The molecule has 2 aromatic rings. The summed E-state index contributed by atoms with van der Waals surface area (Å²) < 4.78 is 5.26. The number of carbonyl (C=O) groups excluding carboxylic acids is 1. The number of benzene rings is 2. The molecule has 2 rings (SSSR count). The van der Waals surface area contributed by atoms with E-state index in [4.69, 9.17) is 4.74 Å². The first-order chi connectivity index (χ1) is 13.2. The van der Waals surface area contributed by atoms with E-state index in [-0.39, 0.29) is 0 Å². The molecule has 2 N–H and O–H groups in total. The monoisotopic (exact) mass is 401 g/mol. The van der Waals surface area contributed by atoms with Crippen LogP contribution in [0, 0.1) is 6.92 Å². The van der Waals surface area contributed by atoms with E-state index < -0.39 is 29.0 Å². The highest BCUT2D eigenvalue weighted by molar-refractivity contribution is 7.98. The maximum absolute atomic E-state index is 12.2. The molecule has 0 saturated heterocycles. The van der Waals surface area contributed by atoms with Gasteiger partial charge in [-0.15, -0.1) is 11.8 Å². The minimum absolute atomic E-state index is 0.465. The highest BCUT2D eigenvalue weighted by Gasteiger charge is 2.33. The van der Waals surface area contributed by atoms with Crippen molar-refractivity contribution in [1.29, 1.82) is 0 Å². The Morgan fingerprint density at radius 1 is 1.07 bits per heavy atom. The number of carboxylic acid groups (broad SMARTS) is 1. The normalized spacial score (nSPS) is 13.4. The number of aryl methyl sites for hydroxylation is 1. The van der Waals surface area contributed by atoms with Crippen LogP contribution in [0.4, 0.5) is 4.79 Å². The van der Waals surface area contributed by atoms with Crippen LogP contribution < -0.4 is 5.32 Å². The molecule has 0 aliphatic heterocycles. The summed E-state index contributed by atoms with van der Waals surface area (Å²) in [5, 5.41) is 11.9. The molecule has 0 unspecified atom stereocenters. The van der Waals surface area contributed by atoms with Gasteiger partial charge in [-0.2, -0.15) is 0 Å². The number of thioether (sulfide) groups is 1. The number of carboxylic acids is 1. The molecule has 2 atom stereocenters. The Balaban J connectivity index is 2.23. The minimum atomic E-state index is -1.12. The molecule has 5 nitrogen and oxygen atoms in total. The van der Waals surface area contributed by atoms with Gasteiger partial charge in [0.15, 0.2) is 0 Å². The number of hydrogen-bond acceptors (Lipinski definition) is 4. The Kier molecular flexibility index (Phi) is 7.52. The van der Waals surface area contributed by atoms with Crippen LogP contribution in [0.25, 0.3) is 0 Å². The second-order valence-electron chi connectivity index (χ2n) is 7.59. The summed E-state index contributed by atoms with van der Waals surface area (Å²) in [5.74, 6) is -0.476. The van der Waals surface area contributed by atoms with Crippen LogP contribution in [-0.4, -0.2) is 28.8 Å². The zero-order chi connectivity index (χ0) is 20.7. The molecule has 0 heterocycles. The first-order valence-electron chi connectivity index (χ1n) is 9.10. The molecule has 2 aromatic carbocycles. The zero-order valence-electron chi connectivity index (χ0n) is 16.6. The van der Waals surface area contributed by atoms with Crippen molar-refractivity contribution >= 4 is 23.8 Å². The van der Waals surface area contributed by atoms with E-state index in [2.05, 4.69) is 5.32 Å². The van der Waals surface area contributed by atoms with E-state index in [1.54, 1.807) is 20.8 Å². The fourth-order valence-electron chi connectivity index (χ4n) is 2.60. The van der Waals surface area contributed by atoms with E-state index in [1.807, 2.05) is 61.5 Å². The van der Waals surface area contributed by atoms with Gasteiger partial charge in [-0.05, 0) is 38.8 Å². The number of aliphatic carboxylic acids is 1. The average Bonchev–Trinajstić information content (AvgIpc) is 2.61. The lowest BCUT2D eigenvalue weighted by Crippen LogP contribution is -2.46. The number of alkyl carbamates (subject to hydrolysis) is 1. The molecule has 0 aromatic heterocycles. The first kappa shape index (κ1) is 21.8. The highest BCUT2D eigenvalue weighted by atomic mass is 32.2. The van der Waals surface area contributed by atoms with Gasteiger partial charge in [0.25, 0.3) is 0 Å². The third-order valence-corrected chi connectivity index (χ3v) is 5.32. The first-order valence-corrected chi connectivity index (χ1v) is 10.1.